The molecule has 0 fully saturated rings. The van der Waals surface area contributed by atoms with E-state index in [0.29, 0.717) is 12.1 Å². The molecule has 0 atom stereocenters. The number of para-hydroxylation sites is 1. The van der Waals surface area contributed by atoms with E-state index in [9.17, 15) is 0 Å². The van der Waals surface area contributed by atoms with E-state index in [4.69, 9.17) is 10.4 Å². The van der Waals surface area contributed by atoms with Crippen molar-refractivity contribution < 1.29 is 5.11 Å². The quantitative estimate of drug-likeness (QED) is 0.772. The fraction of sp³-hybridized carbons (Fsp3) is 0.182. The smallest absolute Gasteiger partial charge is 0.101 e. The minimum Gasteiger partial charge on any atom is -0.395 e. The molecule has 2 aromatic rings. The van der Waals surface area contributed by atoms with Gasteiger partial charge in [-0.25, -0.2) is 0 Å². The Bertz CT molecular complexity index is 493. The van der Waals surface area contributed by atoms with Gasteiger partial charge in [-0.15, -0.1) is 0 Å². The van der Waals surface area contributed by atoms with Crippen molar-refractivity contribution in [2.45, 2.75) is 6.54 Å². The number of nitrogens with zero attached hydrogens (tertiary/aromatic N) is 2. The molecule has 1 heterocycles. The van der Waals surface area contributed by atoms with E-state index in [0.717, 1.165) is 10.9 Å². The highest BCUT2D eigenvalue weighted by molar-refractivity contribution is 5.86. The summed E-state index contributed by atoms with van der Waals surface area (Å²) in [6, 6.07) is 9.85. The standard InChI is InChI=1S/C11H10N2O/c12-7-9-8-13(5-6-14)11-4-2-1-3-10(9)11/h1-4,8,14H,5-6H2. The van der Waals surface area contributed by atoms with E-state index in [1.807, 2.05) is 28.8 Å². The Morgan fingerprint density at radius 2 is 2.14 bits per heavy atom. The molecular formula is C11H10N2O. The molecule has 0 unspecified atom stereocenters. The highest BCUT2D eigenvalue weighted by atomic mass is 16.3. The van der Waals surface area contributed by atoms with Crippen LogP contribution in [0.4, 0.5) is 0 Å². The van der Waals surface area contributed by atoms with E-state index in [-0.39, 0.29) is 6.61 Å². The Balaban J connectivity index is 2.68. The fourth-order valence-electron chi connectivity index (χ4n) is 1.63. The number of nitriles is 1. The minimum absolute atomic E-state index is 0.0868. The number of aromatic nitrogens is 1. The third-order valence-corrected chi connectivity index (χ3v) is 2.25. The molecule has 1 aromatic heterocycles. The van der Waals surface area contributed by atoms with Crippen LogP contribution in [0, 0.1) is 11.3 Å². The topological polar surface area (TPSA) is 49.0 Å². The van der Waals surface area contributed by atoms with Crippen LogP contribution in [0.1, 0.15) is 5.56 Å². The van der Waals surface area contributed by atoms with Crippen LogP contribution in [0.3, 0.4) is 0 Å². The summed E-state index contributed by atoms with van der Waals surface area (Å²) < 4.78 is 1.90. The lowest BCUT2D eigenvalue weighted by Crippen LogP contribution is -1.99. The van der Waals surface area contributed by atoms with Gasteiger partial charge in [-0.05, 0) is 6.07 Å². The maximum absolute atomic E-state index is 8.89. The summed E-state index contributed by atoms with van der Waals surface area (Å²) in [4.78, 5) is 0. The van der Waals surface area contributed by atoms with Crippen molar-refractivity contribution in [3.8, 4) is 6.07 Å². The molecule has 0 saturated carbocycles. The van der Waals surface area contributed by atoms with E-state index in [1.54, 1.807) is 6.20 Å². The number of rotatable bonds is 2. The zero-order valence-corrected chi connectivity index (χ0v) is 7.64. The molecule has 2 rings (SSSR count). The first-order valence-electron chi connectivity index (χ1n) is 4.45. The number of benzene rings is 1. The number of fused-ring (bicyclic) bond motifs is 1. The summed E-state index contributed by atoms with van der Waals surface area (Å²) in [6.45, 7) is 0.617. The Hall–Kier alpha value is -1.79. The van der Waals surface area contributed by atoms with Gasteiger partial charge in [0, 0.05) is 23.6 Å². The summed E-state index contributed by atoms with van der Waals surface area (Å²) in [5.74, 6) is 0. The molecule has 0 aliphatic heterocycles. The van der Waals surface area contributed by atoms with Crippen molar-refractivity contribution in [2.75, 3.05) is 6.61 Å². The largest absolute Gasteiger partial charge is 0.395 e. The Morgan fingerprint density at radius 1 is 1.36 bits per heavy atom. The molecule has 0 radical (unpaired) electrons. The second kappa shape index (κ2) is 3.52. The lowest BCUT2D eigenvalue weighted by atomic mass is 10.2. The lowest BCUT2D eigenvalue weighted by Gasteiger charge is -2.00. The molecule has 0 aliphatic rings. The van der Waals surface area contributed by atoms with E-state index in [1.165, 1.54) is 0 Å². The molecule has 0 spiro atoms. The first-order valence-corrected chi connectivity index (χ1v) is 4.45. The third-order valence-electron chi connectivity index (χ3n) is 2.25. The molecule has 3 nitrogen and oxygen atoms in total. The fourth-order valence-corrected chi connectivity index (χ4v) is 1.63. The highest BCUT2D eigenvalue weighted by Crippen LogP contribution is 2.19. The van der Waals surface area contributed by atoms with Crippen molar-refractivity contribution in [3.05, 3.63) is 36.0 Å². The van der Waals surface area contributed by atoms with Gasteiger partial charge in [-0.2, -0.15) is 5.26 Å². The monoisotopic (exact) mass is 186 g/mol. The van der Waals surface area contributed by atoms with Crippen molar-refractivity contribution in [1.82, 2.24) is 4.57 Å². The number of hydrogen-bond donors (Lipinski definition) is 1. The SMILES string of the molecule is N#Cc1cn(CCO)c2ccccc12. The van der Waals surface area contributed by atoms with E-state index < -0.39 is 0 Å². The van der Waals surface area contributed by atoms with E-state index in [2.05, 4.69) is 6.07 Å². The van der Waals surface area contributed by atoms with Crippen molar-refractivity contribution in [2.24, 2.45) is 0 Å². The maximum atomic E-state index is 8.89. The van der Waals surface area contributed by atoms with Gasteiger partial charge in [0.2, 0.25) is 0 Å². The van der Waals surface area contributed by atoms with Gasteiger partial charge in [0.05, 0.1) is 12.2 Å². The lowest BCUT2D eigenvalue weighted by molar-refractivity contribution is 0.278. The maximum Gasteiger partial charge on any atom is 0.101 e. The van der Waals surface area contributed by atoms with Crippen LogP contribution in [-0.4, -0.2) is 16.3 Å². The average Bonchev–Trinajstić information content (AvgIpc) is 2.58. The highest BCUT2D eigenvalue weighted by Gasteiger charge is 2.05. The number of hydrogen-bond acceptors (Lipinski definition) is 2. The zero-order valence-electron chi connectivity index (χ0n) is 7.64. The van der Waals surface area contributed by atoms with Crippen molar-refractivity contribution in [3.63, 3.8) is 0 Å². The molecule has 70 valence electrons. The van der Waals surface area contributed by atoms with Gasteiger partial charge in [-0.1, -0.05) is 18.2 Å². The van der Waals surface area contributed by atoms with Gasteiger partial charge in [0.15, 0.2) is 0 Å². The first-order chi connectivity index (χ1) is 6.86. The van der Waals surface area contributed by atoms with Gasteiger partial charge < -0.3 is 9.67 Å². The zero-order chi connectivity index (χ0) is 9.97. The number of aliphatic hydroxyl groups is 1. The second-order valence-electron chi connectivity index (χ2n) is 3.09. The van der Waals surface area contributed by atoms with Crippen LogP contribution >= 0.6 is 0 Å². The molecule has 1 N–H and O–H groups in total. The molecule has 0 bridgehead atoms. The molecule has 0 amide bonds. The number of aliphatic hydroxyl groups excluding tert-OH is 1. The summed E-state index contributed by atoms with van der Waals surface area (Å²) in [7, 11) is 0. The normalized spacial score (nSPS) is 10.3. The van der Waals surface area contributed by atoms with Crippen LogP contribution in [-0.2, 0) is 6.54 Å². The second-order valence-corrected chi connectivity index (χ2v) is 3.09. The Morgan fingerprint density at radius 3 is 2.86 bits per heavy atom. The van der Waals surface area contributed by atoms with Gasteiger partial charge in [-0.3, -0.25) is 0 Å². The summed E-state index contributed by atoms with van der Waals surface area (Å²) in [5.41, 5.74) is 1.66. The predicted molar refractivity (Wildman–Crippen MR) is 53.7 cm³/mol. The first kappa shape index (κ1) is 8.79. The average molecular weight is 186 g/mol. The Kier molecular flexibility index (Phi) is 2.21. The van der Waals surface area contributed by atoms with E-state index >= 15 is 0 Å². The molecule has 3 heteroatoms. The van der Waals surface area contributed by atoms with Gasteiger partial charge >= 0.3 is 0 Å². The minimum atomic E-state index is 0.0868. The molecule has 1 aromatic carbocycles. The van der Waals surface area contributed by atoms with Gasteiger partial charge in [0.1, 0.15) is 6.07 Å². The van der Waals surface area contributed by atoms with Gasteiger partial charge in [0.25, 0.3) is 0 Å². The third kappa shape index (κ3) is 1.26. The van der Waals surface area contributed by atoms with Crippen LogP contribution in [0.2, 0.25) is 0 Å². The molecule has 0 aliphatic carbocycles. The van der Waals surface area contributed by atoms with Crippen LogP contribution in [0.5, 0.6) is 0 Å². The molecule has 14 heavy (non-hydrogen) atoms. The predicted octanol–water partition coefficient (Wildman–Crippen LogP) is 1.51. The Labute approximate surface area is 81.8 Å². The molecule has 0 saturated heterocycles. The summed E-state index contributed by atoms with van der Waals surface area (Å²) >= 11 is 0. The van der Waals surface area contributed by atoms with Crippen LogP contribution < -0.4 is 0 Å². The summed E-state index contributed by atoms with van der Waals surface area (Å²) in [5, 5.41) is 18.7. The van der Waals surface area contributed by atoms with Crippen molar-refractivity contribution in [1.29, 1.82) is 5.26 Å². The summed E-state index contributed by atoms with van der Waals surface area (Å²) in [6.07, 6.45) is 1.78. The molecular weight excluding hydrogens is 176 g/mol. The van der Waals surface area contributed by atoms with Crippen molar-refractivity contribution >= 4 is 10.9 Å². The van der Waals surface area contributed by atoms with Crippen LogP contribution in [0.15, 0.2) is 30.5 Å². The van der Waals surface area contributed by atoms with Crippen LogP contribution in [0.25, 0.3) is 10.9 Å².